The molecule has 4 N–H and O–H groups in total. The summed E-state index contributed by atoms with van der Waals surface area (Å²) < 4.78 is 1.92. The van der Waals surface area contributed by atoms with Crippen molar-refractivity contribution >= 4 is 22.4 Å². The first-order chi connectivity index (χ1) is 10.3. The number of nitrogens with zero attached hydrogens (tertiary/aromatic N) is 2. The summed E-state index contributed by atoms with van der Waals surface area (Å²) in [5.41, 5.74) is 4.33. The van der Waals surface area contributed by atoms with Crippen LogP contribution in [0.3, 0.4) is 0 Å². The second-order valence-corrected chi connectivity index (χ2v) is 4.93. The first kappa shape index (κ1) is 12.2. The van der Waals surface area contributed by atoms with E-state index < -0.39 is 6.35 Å². The van der Waals surface area contributed by atoms with Crippen molar-refractivity contribution in [1.29, 1.82) is 0 Å². The van der Waals surface area contributed by atoms with Gasteiger partial charge in [-0.15, -0.1) is 0 Å². The highest BCUT2D eigenvalue weighted by molar-refractivity contribution is 5.81. The van der Waals surface area contributed by atoms with Gasteiger partial charge in [0.05, 0.1) is 22.4 Å². The van der Waals surface area contributed by atoms with Gasteiger partial charge in [-0.2, -0.15) is 0 Å². The molecule has 106 valence electrons. The average molecular weight is 282 g/mol. The molecule has 0 radical (unpaired) electrons. The van der Waals surface area contributed by atoms with Gasteiger partial charge in [0.1, 0.15) is 12.4 Å². The summed E-state index contributed by atoms with van der Waals surface area (Å²) in [6.45, 7) is -0.139. The van der Waals surface area contributed by atoms with Gasteiger partial charge in [0.15, 0.2) is 0 Å². The predicted molar refractivity (Wildman–Crippen MR) is 80.2 cm³/mol. The molecule has 21 heavy (non-hydrogen) atoms. The summed E-state index contributed by atoms with van der Waals surface area (Å²) in [5, 5.41) is 25.0. The number of aliphatic hydroxyl groups is 2. The Morgan fingerprint density at radius 3 is 2.76 bits per heavy atom. The number of anilines is 2. The van der Waals surface area contributed by atoms with Gasteiger partial charge in [-0.1, -0.05) is 12.1 Å². The molecule has 3 aromatic rings. The fourth-order valence-corrected chi connectivity index (χ4v) is 2.72. The molecule has 2 heterocycles. The van der Waals surface area contributed by atoms with Crippen LogP contribution in [0.1, 0.15) is 5.82 Å². The molecule has 2 aromatic carbocycles. The van der Waals surface area contributed by atoms with Gasteiger partial charge in [-0.25, -0.2) is 4.98 Å². The topological polar surface area (TPSA) is 82.3 Å². The zero-order valence-electron chi connectivity index (χ0n) is 11.1. The normalized spacial score (nSPS) is 16.6. The van der Waals surface area contributed by atoms with Crippen LogP contribution in [0.15, 0.2) is 42.5 Å². The zero-order valence-corrected chi connectivity index (χ0v) is 11.1. The highest BCUT2D eigenvalue weighted by atomic mass is 16.3. The first-order valence-corrected chi connectivity index (χ1v) is 6.69. The molecule has 6 heteroatoms. The van der Waals surface area contributed by atoms with E-state index in [1.165, 1.54) is 0 Å². The Balaban J connectivity index is 1.92. The van der Waals surface area contributed by atoms with E-state index in [9.17, 15) is 10.2 Å². The van der Waals surface area contributed by atoms with Gasteiger partial charge < -0.3 is 20.8 Å². The van der Waals surface area contributed by atoms with Crippen LogP contribution in [0, 0.1) is 0 Å². The minimum absolute atomic E-state index is 0.139. The van der Waals surface area contributed by atoms with Crippen molar-refractivity contribution in [1.82, 2.24) is 9.55 Å². The summed E-state index contributed by atoms with van der Waals surface area (Å²) in [7, 11) is 0. The lowest BCUT2D eigenvalue weighted by molar-refractivity contribution is 0.238. The molecule has 1 unspecified atom stereocenters. The summed E-state index contributed by atoms with van der Waals surface area (Å²) in [6, 6.07) is 13.5. The maximum absolute atomic E-state index is 9.56. The molecular formula is C15H14N4O2. The van der Waals surface area contributed by atoms with E-state index in [-0.39, 0.29) is 6.61 Å². The van der Waals surface area contributed by atoms with Crippen molar-refractivity contribution in [2.75, 3.05) is 10.6 Å². The Labute approximate surface area is 120 Å². The minimum atomic E-state index is -0.771. The van der Waals surface area contributed by atoms with Crippen LogP contribution < -0.4 is 10.6 Å². The minimum Gasteiger partial charge on any atom is -0.388 e. The average Bonchev–Trinajstić information content (AvgIpc) is 3.05. The lowest BCUT2D eigenvalue weighted by atomic mass is 10.2. The molecule has 4 rings (SSSR count). The number of rotatable bonds is 2. The fourth-order valence-electron chi connectivity index (χ4n) is 2.72. The smallest absolute Gasteiger partial charge is 0.202 e. The Bertz CT molecular complexity index is 828. The van der Waals surface area contributed by atoms with Crippen LogP contribution in [0.4, 0.5) is 11.4 Å². The number of para-hydroxylation sites is 2. The van der Waals surface area contributed by atoms with Gasteiger partial charge in [0.2, 0.25) is 6.35 Å². The first-order valence-electron chi connectivity index (χ1n) is 6.69. The van der Waals surface area contributed by atoms with Gasteiger partial charge in [0.25, 0.3) is 0 Å². The zero-order chi connectivity index (χ0) is 14.4. The molecule has 0 amide bonds. The standard InChI is InChI=1S/C15H14N4O2/c20-8-14-16-11-3-1-2-4-13(11)19(14)9-5-6-10-12(7-9)18-15(21)17-10/h1-7,15,17-18,20-21H,8H2. The van der Waals surface area contributed by atoms with E-state index >= 15 is 0 Å². The third kappa shape index (κ3) is 1.84. The monoisotopic (exact) mass is 282 g/mol. The van der Waals surface area contributed by atoms with Crippen LogP contribution in [0.25, 0.3) is 16.7 Å². The van der Waals surface area contributed by atoms with Crippen LogP contribution in [-0.4, -0.2) is 26.1 Å². The number of hydrogen-bond acceptors (Lipinski definition) is 5. The lowest BCUT2D eigenvalue weighted by Gasteiger charge is -2.09. The summed E-state index contributed by atoms with van der Waals surface area (Å²) in [4.78, 5) is 4.44. The maximum atomic E-state index is 9.56. The molecular weight excluding hydrogens is 268 g/mol. The number of fused-ring (bicyclic) bond motifs is 2. The van der Waals surface area contributed by atoms with Gasteiger partial charge in [-0.05, 0) is 30.3 Å². The van der Waals surface area contributed by atoms with Crippen molar-refractivity contribution in [2.45, 2.75) is 13.0 Å². The van der Waals surface area contributed by atoms with Crippen LogP contribution in [0.5, 0.6) is 0 Å². The molecule has 1 aliphatic rings. The molecule has 0 spiro atoms. The third-order valence-electron chi connectivity index (χ3n) is 3.62. The number of imidazole rings is 1. The molecule has 1 aromatic heterocycles. The number of aromatic nitrogens is 2. The van der Waals surface area contributed by atoms with Crippen LogP contribution in [0.2, 0.25) is 0 Å². The molecule has 0 saturated heterocycles. The summed E-state index contributed by atoms with van der Waals surface area (Å²) in [5.74, 6) is 0.586. The Morgan fingerprint density at radius 1 is 1.10 bits per heavy atom. The lowest BCUT2D eigenvalue weighted by Crippen LogP contribution is -2.20. The van der Waals surface area contributed by atoms with Gasteiger partial charge in [0, 0.05) is 5.69 Å². The highest BCUT2D eigenvalue weighted by Crippen LogP contribution is 2.32. The third-order valence-corrected chi connectivity index (χ3v) is 3.62. The number of nitrogens with one attached hydrogen (secondary N) is 2. The van der Waals surface area contributed by atoms with Crippen molar-refractivity contribution in [3.63, 3.8) is 0 Å². The second-order valence-electron chi connectivity index (χ2n) is 4.93. The highest BCUT2D eigenvalue weighted by Gasteiger charge is 2.18. The summed E-state index contributed by atoms with van der Waals surface area (Å²) in [6.07, 6.45) is -0.771. The largest absolute Gasteiger partial charge is 0.388 e. The van der Waals surface area contributed by atoms with E-state index in [1.54, 1.807) is 0 Å². The fraction of sp³-hybridized carbons (Fsp3) is 0.133. The molecule has 0 aliphatic carbocycles. The number of hydrogen-bond donors (Lipinski definition) is 4. The SMILES string of the molecule is OCc1nc2ccccc2n1-c1ccc2c(c1)NC(O)N2. The van der Waals surface area contributed by atoms with E-state index in [1.807, 2.05) is 47.0 Å². The van der Waals surface area contributed by atoms with E-state index in [0.29, 0.717) is 5.82 Å². The van der Waals surface area contributed by atoms with Crippen LogP contribution in [-0.2, 0) is 6.61 Å². The van der Waals surface area contributed by atoms with Crippen molar-refractivity contribution in [3.05, 3.63) is 48.3 Å². The molecule has 0 saturated carbocycles. The Hall–Kier alpha value is -2.57. The number of aliphatic hydroxyl groups excluding tert-OH is 2. The second kappa shape index (κ2) is 4.47. The quantitative estimate of drug-likeness (QED) is 0.574. The van der Waals surface area contributed by atoms with E-state index in [4.69, 9.17) is 0 Å². The molecule has 0 bridgehead atoms. The Morgan fingerprint density at radius 2 is 1.90 bits per heavy atom. The predicted octanol–water partition coefficient (Wildman–Crippen LogP) is 1.63. The van der Waals surface area contributed by atoms with Crippen molar-refractivity contribution in [3.8, 4) is 5.69 Å². The van der Waals surface area contributed by atoms with Crippen LogP contribution >= 0.6 is 0 Å². The molecule has 1 aliphatic heterocycles. The Kier molecular flexibility index (Phi) is 2.60. The van der Waals surface area contributed by atoms with Gasteiger partial charge in [-0.3, -0.25) is 4.57 Å². The maximum Gasteiger partial charge on any atom is 0.202 e. The molecule has 0 fully saturated rings. The molecule has 1 atom stereocenters. The van der Waals surface area contributed by atoms with E-state index in [0.717, 1.165) is 28.1 Å². The summed E-state index contributed by atoms with van der Waals surface area (Å²) >= 11 is 0. The molecule has 6 nitrogen and oxygen atoms in total. The van der Waals surface area contributed by atoms with E-state index in [2.05, 4.69) is 15.6 Å². The van der Waals surface area contributed by atoms with Crippen molar-refractivity contribution < 1.29 is 10.2 Å². The van der Waals surface area contributed by atoms with Gasteiger partial charge >= 0.3 is 0 Å². The van der Waals surface area contributed by atoms with Crippen molar-refractivity contribution in [2.24, 2.45) is 0 Å². The number of benzene rings is 2.